The predicted molar refractivity (Wildman–Crippen MR) is 96.6 cm³/mol. The standard InChI is InChI=1S/C15H9Cl4NO2S/c1-22-9-4-2-8(3-5-9)10(21)6-7-23-13-11(16)14(18)20-15(19)12(13)17/h2-7H,1H3. The number of nitrogens with zero attached hydrogens (tertiary/aromatic N) is 1. The first kappa shape index (κ1) is 18.4. The number of ketones is 1. The maximum absolute atomic E-state index is 12.1. The maximum atomic E-state index is 12.1. The van der Waals surface area contributed by atoms with E-state index in [1.54, 1.807) is 36.8 Å². The number of benzene rings is 1. The molecular weight excluding hydrogens is 400 g/mol. The van der Waals surface area contributed by atoms with Gasteiger partial charge in [0.2, 0.25) is 0 Å². The third-order valence-electron chi connectivity index (χ3n) is 2.74. The van der Waals surface area contributed by atoms with E-state index in [0.717, 1.165) is 11.8 Å². The minimum atomic E-state index is -0.168. The molecule has 1 heterocycles. The van der Waals surface area contributed by atoms with Crippen LogP contribution >= 0.6 is 58.2 Å². The quantitative estimate of drug-likeness (QED) is 0.256. The van der Waals surface area contributed by atoms with Gasteiger partial charge in [0.25, 0.3) is 0 Å². The number of allylic oxidation sites excluding steroid dienone is 1. The van der Waals surface area contributed by atoms with E-state index < -0.39 is 0 Å². The Kier molecular flexibility index (Phi) is 6.62. The van der Waals surface area contributed by atoms with Crippen molar-refractivity contribution >= 4 is 63.9 Å². The van der Waals surface area contributed by atoms with Crippen molar-refractivity contribution in [3.63, 3.8) is 0 Å². The van der Waals surface area contributed by atoms with E-state index in [-0.39, 0.29) is 26.1 Å². The number of pyridine rings is 1. The molecule has 0 saturated heterocycles. The summed E-state index contributed by atoms with van der Waals surface area (Å²) in [6.07, 6.45) is 1.40. The number of hydrogen-bond donors (Lipinski definition) is 0. The molecule has 23 heavy (non-hydrogen) atoms. The van der Waals surface area contributed by atoms with Gasteiger partial charge < -0.3 is 4.74 Å². The third kappa shape index (κ3) is 4.55. The summed E-state index contributed by atoms with van der Waals surface area (Å²) in [5.41, 5.74) is 0.533. The van der Waals surface area contributed by atoms with Gasteiger partial charge in [-0.15, -0.1) is 0 Å². The van der Waals surface area contributed by atoms with Gasteiger partial charge in [0.15, 0.2) is 16.1 Å². The molecule has 0 saturated carbocycles. The summed E-state index contributed by atoms with van der Waals surface area (Å²) in [5, 5.41) is 2.05. The highest BCUT2D eigenvalue weighted by Crippen LogP contribution is 2.41. The minimum Gasteiger partial charge on any atom is -0.497 e. The molecule has 0 aliphatic heterocycles. The molecular formula is C15H9Cl4NO2S. The highest BCUT2D eigenvalue weighted by molar-refractivity contribution is 8.02. The fraction of sp³-hybridized carbons (Fsp3) is 0.0667. The zero-order valence-electron chi connectivity index (χ0n) is 11.6. The molecule has 0 spiro atoms. The van der Waals surface area contributed by atoms with Gasteiger partial charge in [-0.3, -0.25) is 4.79 Å². The van der Waals surface area contributed by atoms with E-state index in [1.807, 2.05) is 0 Å². The number of aromatic nitrogens is 1. The molecule has 2 rings (SSSR count). The summed E-state index contributed by atoms with van der Waals surface area (Å²) in [4.78, 5) is 16.3. The van der Waals surface area contributed by atoms with Crippen molar-refractivity contribution in [2.45, 2.75) is 4.90 Å². The normalized spacial score (nSPS) is 11.0. The summed E-state index contributed by atoms with van der Waals surface area (Å²) in [5.74, 6) is 0.512. The summed E-state index contributed by atoms with van der Waals surface area (Å²) >= 11 is 24.9. The smallest absolute Gasteiger partial charge is 0.186 e. The van der Waals surface area contributed by atoms with Crippen LogP contribution in [0.15, 0.2) is 40.6 Å². The Morgan fingerprint density at radius 1 is 1.09 bits per heavy atom. The first-order chi connectivity index (χ1) is 10.9. The zero-order valence-corrected chi connectivity index (χ0v) is 15.5. The highest BCUT2D eigenvalue weighted by atomic mass is 35.5. The Morgan fingerprint density at radius 3 is 2.17 bits per heavy atom. The van der Waals surface area contributed by atoms with Gasteiger partial charge in [-0.05, 0) is 35.7 Å². The molecule has 8 heteroatoms. The van der Waals surface area contributed by atoms with Crippen LogP contribution in [0.25, 0.3) is 0 Å². The number of hydrogen-bond acceptors (Lipinski definition) is 4. The number of methoxy groups -OCH3 is 1. The average molecular weight is 409 g/mol. The van der Waals surface area contributed by atoms with E-state index >= 15 is 0 Å². The Bertz CT molecular complexity index is 737. The number of carbonyl (C=O) groups is 1. The molecule has 2 aromatic rings. The fourth-order valence-corrected chi connectivity index (χ4v) is 3.42. The second kappa shape index (κ2) is 8.27. The summed E-state index contributed by atoms with van der Waals surface area (Å²) in [7, 11) is 1.56. The minimum absolute atomic E-state index is 0.0541. The maximum Gasteiger partial charge on any atom is 0.186 e. The number of rotatable bonds is 5. The van der Waals surface area contributed by atoms with Crippen molar-refractivity contribution in [2.75, 3.05) is 7.11 Å². The van der Waals surface area contributed by atoms with Crippen LogP contribution in [0.3, 0.4) is 0 Å². The number of ether oxygens (including phenoxy) is 1. The van der Waals surface area contributed by atoms with Gasteiger partial charge in [-0.1, -0.05) is 58.2 Å². The van der Waals surface area contributed by atoms with Gasteiger partial charge in [0, 0.05) is 5.56 Å². The van der Waals surface area contributed by atoms with Crippen molar-refractivity contribution in [3.05, 3.63) is 61.7 Å². The molecule has 0 radical (unpaired) electrons. The second-order valence-electron chi connectivity index (χ2n) is 4.16. The molecule has 0 aliphatic carbocycles. The Morgan fingerprint density at radius 2 is 1.65 bits per heavy atom. The molecule has 120 valence electrons. The lowest BCUT2D eigenvalue weighted by atomic mass is 10.1. The second-order valence-corrected chi connectivity index (χ2v) is 6.55. The van der Waals surface area contributed by atoms with Crippen LogP contribution < -0.4 is 4.74 Å². The van der Waals surface area contributed by atoms with Crippen LogP contribution in [0.4, 0.5) is 0 Å². The van der Waals surface area contributed by atoms with Gasteiger partial charge in [0.1, 0.15) is 5.75 Å². The number of halogens is 4. The van der Waals surface area contributed by atoms with Crippen LogP contribution in [-0.4, -0.2) is 17.9 Å². The molecule has 0 bridgehead atoms. The molecule has 0 N–H and O–H groups in total. The van der Waals surface area contributed by atoms with Crippen LogP contribution in [0, 0.1) is 0 Å². The van der Waals surface area contributed by atoms with Crippen molar-refractivity contribution in [1.82, 2.24) is 4.98 Å². The monoisotopic (exact) mass is 407 g/mol. The first-order valence-corrected chi connectivity index (χ1v) is 8.54. The average Bonchev–Trinajstić information content (AvgIpc) is 2.56. The topological polar surface area (TPSA) is 39.2 Å². The number of carbonyl (C=O) groups excluding carboxylic acids is 1. The molecule has 0 fully saturated rings. The molecule has 3 nitrogen and oxygen atoms in total. The molecule has 0 aliphatic rings. The van der Waals surface area contributed by atoms with Gasteiger partial charge in [-0.25, -0.2) is 4.98 Å². The predicted octanol–water partition coefficient (Wildman–Crippen LogP) is 6.19. The zero-order chi connectivity index (χ0) is 17.0. The Hall–Kier alpha value is -0.910. The van der Waals surface area contributed by atoms with Crippen molar-refractivity contribution < 1.29 is 9.53 Å². The van der Waals surface area contributed by atoms with E-state index in [0.29, 0.717) is 16.2 Å². The van der Waals surface area contributed by atoms with Crippen molar-refractivity contribution in [3.8, 4) is 5.75 Å². The van der Waals surface area contributed by atoms with Crippen LogP contribution in [-0.2, 0) is 0 Å². The Balaban J connectivity index is 2.14. The molecule has 0 atom stereocenters. The lowest BCUT2D eigenvalue weighted by Gasteiger charge is -2.06. The lowest BCUT2D eigenvalue weighted by molar-refractivity contribution is 0.104. The van der Waals surface area contributed by atoms with E-state index in [2.05, 4.69) is 4.98 Å². The van der Waals surface area contributed by atoms with Crippen LogP contribution in [0.1, 0.15) is 10.4 Å². The van der Waals surface area contributed by atoms with Crippen molar-refractivity contribution in [1.29, 1.82) is 0 Å². The first-order valence-electron chi connectivity index (χ1n) is 6.15. The lowest BCUT2D eigenvalue weighted by Crippen LogP contribution is -1.93. The Labute approximate surface area is 157 Å². The molecule has 0 amide bonds. The van der Waals surface area contributed by atoms with Crippen molar-refractivity contribution in [2.24, 2.45) is 0 Å². The molecule has 1 aromatic heterocycles. The fourth-order valence-electron chi connectivity index (χ4n) is 1.59. The SMILES string of the molecule is COc1ccc(C(=O)C=CSc2c(Cl)c(Cl)nc(Cl)c2Cl)cc1. The third-order valence-corrected chi connectivity index (χ3v) is 5.35. The van der Waals surface area contributed by atoms with Crippen LogP contribution in [0.2, 0.25) is 20.4 Å². The summed E-state index contributed by atoms with van der Waals surface area (Å²) in [6.45, 7) is 0. The van der Waals surface area contributed by atoms with E-state index in [4.69, 9.17) is 51.1 Å². The molecule has 0 unspecified atom stereocenters. The van der Waals surface area contributed by atoms with E-state index in [9.17, 15) is 4.79 Å². The molecule has 1 aromatic carbocycles. The van der Waals surface area contributed by atoms with Gasteiger partial charge in [0.05, 0.1) is 22.1 Å². The van der Waals surface area contributed by atoms with Crippen LogP contribution in [0.5, 0.6) is 5.75 Å². The van der Waals surface area contributed by atoms with Gasteiger partial charge >= 0.3 is 0 Å². The largest absolute Gasteiger partial charge is 0.497 e. The summed E-state index contributed by atoms with van der Waals surface area (Å²) in [6, 6.07) is 6.78. The summed E-state index contributed by atoms with van der Waals surface area (Å²) < 4.78 is 5.04. The van der Waals surface area contributed by atoms with Gasteiger partial charge in [-0.2, -0.15) is 0 Å². The number of thioether (sulfide) groups is 1. The highest BCUT2D eigenvalue weighted by Gasteiger charge is 2.15. The van der Waals surface area contributed by atoms with E-state index in [1.165, 1.54) is 6.08 Å².